The number of aliphatic carboxylic acids is 3. The van der Waals surface area contributed by atoms with Crippen LogP contribution in [0.5, 0.6) is 0 Å². The molecule has 0 atom stereocenters. The molecule has 1 aromatic heterocycles. The third-order valence-corrected chi connectivity index (χ3v) is 5.61. The molecule has 2 heterocycles. The van der Waals surface area contributed by atoms with Gasteiger partial charge in [-0.1, -0.05) is 0 Å². The Morgan fingerprint density at radius 1 is 0.846 bits per heavy atom. The van der Waals surface area contributed by atoms with Gasteiger partial charge in [0.2, 0.25) is 0 Å². The van der Waals surface area contributed by atoms with Crippen molar-refractivity contribution in [2.24, 2.45) is 0 Å². The summed E-state index contributed by atoms with van der Waals surface area (Å²) in [6, 6.07) is 3.77. The van der Waals surface area contributed by atoms with Crippen LogP contribution in [0.15, 0.2) is 12.1 Å². The van der Waals surface area contributed by atoms with Crippen LogP contribution >= 0.6 is 0 Å². The SMILES string of the molecule is CC(C)(C)OC(=O)NCCCc1cc2nc(c1)CN(CC(=O)O)CCN(CC(=O)O)CCN(CC(=O)O)C2.[Gd+3]. The molecule has 0 unspecified atom stereocenters. The third-order valence-electron chi connectivity index (χ3n) is 5.61. The molecule has 2 rings (SSSR count). The Morgan fingerprint density at radius 3 is 1.72 bits per heavy atom. The summed E-state index contributed by atoms with van der Waals surface area (Å²) >= 11 is 0. The monoisotopic (exact) mass is 695 g/mol. The van der Waals surface area contributed by atoms with Gasteiger partial charge in [0.15, 0.2) is 0 Å². The molecule has 0 fully saturated rings. The van der Waals surface area contributed by atoms with Crippen LogP contribution in [0.3, 0.4) is 0 Å². The molecule has 1 aliphatic rings. The molecule has 1 amide bonds. The van der Waals surface area contributed by atoms with Crippen LogP contribution in [-0.4, -0.2) is 117 Å². The molecule has 0 saturated carbocycles. The average molecular weight is 695 g/mol. The van der Waals surface area contributed by atoms with Gasteiger partial charge in [-0.2, -0.15) is 0 Å². The first kappa shape index (κ1) is 35.1. The molecule has 0 saturated heterocycles. The zero-order valence-electron chi connectivity index (χ0n) is 22.7. The van der Waals surface area contributed by atoms with Gasteiger partial charge in [-0.25, -0.2) is 4.79 Å². The summed E-state index contributed by atoms with van der Waals surface area (Å²) in [5, 5.41) is 30.8. The predicted molar refractivity (Wildman–Crippen MR) is 137 cm³/mol. The van der Waals surface area contributed by atoms with E-state index in [0.717, 1.165) is 5.56 Å². The quantitative estimate of drug-likeness (QED) is 0.253. The second-order valence-electron chi connectivity index (χ2n) is 10.4. The van der Waals surface area contributed by atoms with Crippen molar-refractivity contribution >= 4 is 24.0 Å². The Morgan fingerprint density at radius 2 is 1.28 bits per heavy atom. The molecule has 13 nitrogen and oxygen atoms in total. The first-order chi connectivity index (χ1) is 17.8. The van der Waals surface area contributed by atoms with Gasteiger partial charge in [0, 0.05) is 45.8 Å². The Hall–Kier alpha value is -1.97. The van der Waals surface area contributed by atoms with Crippen LogP contribution in [0.25, 0.3) is 0 Å². The first-order valence-corrected chi connectivity index (χ1v) is 12.6. The van der Waals surface area contributed by atoms with Gasteiger partial charge >= 0.3 is 63.9 Å². The molecule has 0 aromatic carbocycles. The number of aromatic nitrogens is 1. The zero-order chi connectivity index (χ0) is 28.3. The van der Waals surface area contributed by atoms with Crippen LogP contribution in [-0.2, 0) is 38.6 Å². The van der Waals surface area contributed by atoms with E-state index in [1.807, 2.05) is 12.1 Å². The molecule has 1 aromatic rings. The van der Waals surface area contributed by atoms with Gasteiger partial charge in [-0.05, 0) is 51.3 Å². The number of hydrogen-bond acceptors (Lipinski definition) is 9. The third kappa shape index (κ3) is 15.4. The molecule has 2 bridgehead atoms. The van der Waals surface area contributed by atoms with Crippen LogP contribution in [0.4, 0.5) is 4.79 Å². The van der Waals surface area contributed by atoms with E-state index in [1.165, 1.54) is 0 Å². The fraction of sp³-hybridized carbons (Fsp3) is 0.640. The van der Waals surface area contributed by atoms with Crippen molar-refractivity contribution in [3.8, 4) is 0 Å². The van der Waals surface area contributed by atoms with E-state index in [1.54, 1.807) is 35.5 Å². The van der Waals surface area contributed by atoms with E-state index in [2.05, 4.69) is 10.3 Å². The number of pyridine rings is 1. The molecule has 0 aliphatic carbocycles. The van der Waals surface area contributed by atoms with E-state index >= 15 is 0 Å². The summed E-state index contributed by atoms with van der Waals surface area (Å²) in [5.41, 5.74) is 1.63. The van der Waals surface area contributed by atoms with Gasteiger partial charge in [0.1, 0.15) is 5.60 Å². The summed E-state index contributed by atoms with van der Waals surface area (Å²) in [6.07, 6.45) is 0.751. The van der Waals surface area contributed by atoms with Gasteiger partial charge in [0.05, 0.1) is 31.0 Å². The van der Waals surface area contributed by atoms with Crippen molar-refractivity contribution in [3.63, 3.8) is 0 Å². The minimum absolute atomic E-state index is 0. The van der Waals surface area contributed by atoms with E-state index in [0.29, 0.717) is 57.0 Å². The second-order valence-corrected chi connectivity index (χ2v) is 10.4. The van der Waals surface area contributed by atoms with Crippen molar-refractivity contribution in [2.75, 3.05) is 52.4 Å². The number of alkyl carbamates (subject to hydrolysis) is 1. The number of aryl methyl sites for hydroxylation is 1. The number of hydrogen-bond donors (Lipinski definition) is 4. The molecular weight excluding hydrogens is 656 g/mol. The standard InChI is InChI=1S/C25H39N5O8.Gd/c1-25(2,3)38-24(37)26-6-4-5-18-11-19-13-29(16-22(33)34)9-7-28(15-21(31)32)8-10-30(17-23(35)36)14-20(12-18)27-19;/h11-12H,4-10,13-17H2,1-3H3,(H,26,37)(H,31,32)(H,33,34)(H,35,36);/q;+3. The summed E-state index contributed by atoms with van der Waals surface area (Å²) < 4.78 is 5.25. The first-order valence-electron chi connectivity index (χ1n) is 12.6. The summed E-state index contributed by atoms with van der Waals surface area (Å²) in [7, 11) is 0. The van der Waals surface area contributed by atoms with Gasteiger partial charge in [0.25, 0.3) is 0 Å². The smallest absolute Gasteiger partial charge is 0.480 e. The number of carboxylic acids is 3. The minimum Gasteiger partial charge on any atom is -0.480 e. The van der Waals surface area contributed by atoms with Crippen molar-refractivity contribution in [2.45, 2.75) is 52.3 Å². The maximum absolute atomic E-state index is 11.9. The number of nitrogens with zero attached hydrogens (tertiary/aromatic N) is 4. The Kier molecular flexibility index (Phi) is 15.3. The Labute approximate surface area is 260 Å². The molecule has 39 heavy (non-hydrogen) atoms. The zero-order valence-corrected chi connectivity index (χ0v) is 24.9. The van der Waals surface area contributed by atoms with Crippen molar-refractivity contribution < 1.29 is 79.2 Å². The van der Waals surface area contributed by atoms with Crippen molar-refractivity contribution in [3.05, 3.63) is 29.1 Å². The number of carboxylic acid groups (broad SMARTS) is 3. The molecule has 1 radical (unpaired) electrons. The molecular formula is C25H39GdN5O8+3. The van der Waals surface area contributed by atoms with Gasteiger partial charge in [-0.15, -0.1) is 0 Å². The molecule has 1 aliphatic heterocycles. The number of carbonyl (C=O) groups is 4. The largest absolute Gasteiger partial charge is 3.00 e. The molecule has 4 N–H and O–H groups in total. The summed E-state index contributed by atoms with van der Waals surface area (Å²) in [5.74, 6) is -3.01. The number of fused-ring (bicyclic) bond motifs is 2. The number of nitrogens with one attached hydrogen (secondary N) is 1. The van der Waals surface area contributed by atoms with Crippen LogP contribution in [0.1, 0.15) is 44.1 Å². The maximum atomic E-state index is 11.9. The van der Waals surface area contributed by atoms with Crippen LogP contribution in [0.2, 0.25) is 0 Å². The topological polar surface area (TPSA) is 173 Å². The summed E-state index contributed by atoms with van der Waals surface area (Å²) in [6.45, 7) is 6.78. The van der Waals surface area contributed by atoms with E-state index in [-0.39, 0.29) is 72.7 Å². The van der Waals surface area contributed by atoms with Gasteiger partial charge < -0.3 is 25.4 Å². The van der Waals surface area contributed by atoms with E-state index in [9.17, 15) is 34.5 Å². The predicted octanol–water partition coefficient (Wildman–Crippen LogP) is 0.712. The number of ether oxygens (including phenoxy) is 1. The molecule has 217 valence electrons. The second kappa shape index (κ2) is 17.0. The Bertz CT molecular complexity index is 939. The number of amides is 1. The fourth-order valence-electron chi connectivity index (χ4n) is 4.12. The van der Waals surface area contributed by atoms with Crippen molar-refractivity contribution in [1.82, 2.24) is 25.0 Å². The number of rotatable bonds is 10. The fourth-order valence-corrected chi connectivity index (χ4v) is 4.12. The maximum Gasteiger partial charge on any atom is 3.00 e. The van der Waals surface area contributed by atoms with Crippen molar-refractivity contribution in [1.29, 1.82) is 0 Å². The van der Waals surface area contributed by atoms with E-state index < -0.39 is 29.6 Å². The normalized spacial score (nSPS) is 15.8. The molecule has 0 spiro atoms. The van der Waals surface area contributed by atoms with Crippen LogP contribution < -0.4 is 5.32 Å². The van der Waals surface area contributed by atoms with Crippen LogP contribution in [0, 0.1) is 39.9 Å². The summed E-state index contributed by atoms with van der Waals surface area (Å²) in [4.78, 5) is 56.0. The number of carbonyl (C=O) groups excluding carboxylic acids is 1. The molecule has 14 heteroatoms. The Balaban J connectivity index is 0.00000760. The average Bonchev–Trinajstić information content (AvgIpc) is 2.75. The van der Waals surface area contributed by atoms with Gasteiger partial charge in [-0.3, -0.25) is 34.1 Å². The van der Waals surface area contributed by atoms with E-state index in [4.69, 9.17) is 4.74 Å². The minimum atomic E-state index is -1.01.